The van der Waals surface area contributed by atoms with Crippen molar-refractivity contribution in [2.75, 3.05) is 13.1 Å². The summed E-state index contributed by atoms with van der Waals surface area (Å²) in [7, 11) is 0. The minimum atomic E-state index is 0.504. The smallest absolute Gasteiger partial charge is 0.0250 e. The Balaban J connectivity index is 2.53. The lowest BCUT2D eigenvalue weighted by Gasteiger charge is -2.45. The topological polar surface area (TPSA) is 15.3 Å². The van der Waals surface area contributed by atoms with Gasteiger partial charge in [-0.25, -0.2) is 0 Å². The van der Waals surface area contributed by atoms with Crippen molar-refractivity contribution in [3.63, 3.8) is 0 Å². The number of nitrogens with one attached hydrogen (secondary N) is 1. The highest BCUT2D eigenvalue weighted by atomic mass is 15.2. The van der Waals surface area contributed by atoms with E-state index < -0.39 is 0 Å². The van der Waals surface area contributed by atoms with Crippen molar-refractivity contribution >= 4 is 0 Å². The lowest BCUT2D eigenvalue weighted by atomic mass is 9.86. The third-order valence-corrected chi connectivity index (χ3v) is 4.14. The average Bonchev–Trinajstić information content (AvgIpc) is 2.30. The van der Waals surface area contributed by atoms with Crippen LogP contribution >= 0.6 is 0 Å². The molecular weight excluding hydrogens is 196 g/mol. The predicted octanol–water partition coefficient (Wildman–Crippen LogP) is 2.66. The van der Waals surface area contributed by atoms with Crippen molar-refractivity contribution < 1.29 is 0 Å². The van der Waals surface area contributed by atoms with Gasteiger partial charge in [-0.1, -0.05) is 19.9 Å². The lowest BCUT2D eigenvalue weighted by molar-refractivity contribution is 0.0682. The third-order valence-electron chi connectivity index (χ3n) is 4.14. The van der Waals surface area contributed by atoms with Crippen LogP contribution in [0.2, 0.25) is 0 Å². The molecule has 1 heterocycles. The first-order valence-corrected chi connectivity index (χ1v) is 6.73. The van der Waals surface area contributed by atoms with Gasteiger partial charge < -0.3 is 5.32 Å². The molecule has 0 saturated carbocycles. The molecule has 0 aromatic rings. The van der Waals surface area contributed by atoms with Gasteiger partial charge in [0.2, 0.25) is 0 Å². The highest BCUT2D eigenvalue weighted by Gasteiger charge is 2.33. The molecule has 1 aliphatic heterocycles. The molecule has 0 radical (unpaired) electrons. The SMILES string of the molecule is C=CC(C)N1CCC(NCCC)C(C)C1C. The molecule has 1 N–H and O–H groups in total. The molecule has 1 aliphatic rings. The van der Waals surface area contributed by atoms with E-state index in [1.54, 1.807) is 0 Å². The third kappa shape index (κ3) is 3.08. The summed E-state index contributed by atoms with van der Waals surface area (Å²) in [5.41, 5.74) is 0. The number of hydrogen-bond donors (Lipinski definition) is 1. The largest absolute Gasteiger partial charge is 0.314 e. The molecule has 1 fully saturated rings. The number of hydrogen-bond acceptors (Lipinski definition) is 2. The summed E-state index contributed by atoms with van der Waals surface area (Å²) in [6.45, 7) is 15.5. The first-order valence-electron chi connectivity index (χ1n) is 6.73. The van der Waals surface area contributed by atoms with Gasteiger partial charge >= 0.3 is 0 Å². The number of rotatable bonds is 5. The van der Waals surface area contributed by atoms with E-state index >= 15 is 0 Å². The Morgan fingerprint density at radius 1 is 1.50 bits per heavy atom. The maximum atomic E-state index is 3.91. The van der Waals surface area contributed by atoms with E-state index in [9.17, 15) is 0 Å². The van der Waals surface area contributed by atoms with E-state index in [1.807, 2.05) is 0 Å². The van der Waals surface area contributed by atoms with Crippen LogP contribution < -0.4 is 5.32 Å². The molecule has 94 valence electrons. The number of likely N-dealkylation sites (tertiary alicyclic amines) is 1. The van der Waals surface area contributed by atoms with Crippen LogP contribution in [-0.2, 0) is 0 Å². The quantitative estimate of drug-likeness (QED) is 0.722. The summed E-state index contributed by atoms with van der Waals surface area (Å²) >= 11 is 0. The molecule has 16 heavy (non-hydrogen) atoms. The molecule has 2 heteroatoms. The van der Waals surface area contributed by atoms with Gasteiger partial charge in [-0.2, -0.15) is 0 Å². The van der Waals surface area contributed by atoms with Crippen LogP contribution in [0.15, 0.2) is 12.7 Å². The van der Waals surface area contributed by atoms with Crippen molar-refractivity contribution in [2.24, 2.45) is 5.92 Å². The second-order valence-corrected chi connectivity index (χ2v) is 5.16. The molecule has 1 rings (SSSR count). The highest BCUT2D eigenvalue weighted by molar-refractivity contribution is 4.94. The van der Waals surface area contributed by atoms with Crippen molar-refractivity contribution in [1.82, 2.24) is 10.2 Å². The molecule has 4 unspecified atom stereocenters. The number of piperidine rings is 1. The summed E-state index contributed by atoms with van der Waals surface area (Å²) in [5, 5.41) is 3.68. The van der Waals surface area contributed by atoms with Gasteiger partial charge in [0, 0.05) is 24.7 Å². The zero-order valence-corrected chi connectivity index (χ0v) is 11.4. The maximum absolute atomic E-state index is 3.91. The van der Waals surface area contributed by atoms with Crippen LogP contribution in [-0.4, -0.2) is 36.1 Å². The summed E-state index contributed by atoms with van der Waals surface area (Å²) in [5.74, 6) is 0.725. The van der Waals surface area contributed by atoms with Crippen LogP contribution in [0, 0.1) is 5.92 Å². The molecule has 0 bridgehead atoms. The summed E-state index contributed by atoms with van der Waals surface area (Å²) in [4.78, 5) is 2.57. The fourth-order valence-electron chi connectivity index (χ4n) is 2.72. The van der Waals surface area contributed by atoms with Gasteiger partial charge in [-0.15, -0.1) is 6.58 Å². The maximum Gasteiger partial charge on any atom is 0.0250 e. The van der Waals surface area contributed by atoms with E-state index in [0.29, 0.717) is 18.1 Å². The van der Waals surface area contributed by atoms with E-state index in [4.69, 9.17) is 0 Å². The summed E-state index contributed by atoms with van der Waals surface area (Å²) in [6.07, 6.45) is 4.55. The van der Waals surface area contributed by atoms with Gasteiger partial charge in [-0.05, 0) is 39.2 Å². The summed E-state index contributed by atoms with van der Waals surface area (Å²) < 4.78 is 0. The zero-order valence-electron chi connectivity index (χ0n) is 11.4. The normalized spacial score (nSPS) is 33.6. The Kier molecular flexibility index (Phi) is 5.50. The van der Waals surface area contributed by atoms with Crippen molar-refractivity contribution in [2.45, 2.75) is 58.7 Å². The Labute approximate surface area is 101 Å². The average molecular weight is 224 g/mol. The molecule has 4 atom stereocenters. The van der Waals surface area contributed by atoms with Gasteiger partial charge in [-0.3, -0.25) is 4.90 Å². The summed E-state index contributed by atoms with van der Waals surface area (Å²) in [6, 6.07) is 1.85. The van der Waals surface area contributed by atoms with Crippen LogP contribution in [0.5, 0.6) is 0 Å². The van der Waals surface area contributed by atoms with E-state index in [1.165, 1.54) is 19.4 Å². The Morgan fingerprint density at radius 3 is 2.75 bits per heavy atom. The van der Waals surface area contributed by atoms with Gasteiger partial charge in [0.1, 0.15) is 0 Å². The van der Waals surface area contributed by atoms with Crippen LogP contribution in [0.1, 0.15) is 40.5 Å². The lowest BCUT2D eigenvalue weighted by Crippen LogP contribution is -2.55. The van der Waals surface area contributed by atoms with Gasteiger partial charge in [0.25, 0.3) is 0 Å². The molecule has 0 aliphatic carbocycles. The molecular formula is C14H28N2. The molecule has 0 amide bonds. The van der Waals surface area contributed by atoms with Crippen molar-refractivity contribution in [1.29, 1.82) is 0 Å². The Morgan fingerprint density at radius 2 is 2.19 bits per heavy atom. The van der Waals surface area contributed by atoms with Gasteiger partial charge in [0.05, 0.1) is 0 Å². The molecule has 1 saturated heterocycles. The second-order valence-electron chi connectivity index (χ2n) is 5.16. The van der Waals surface area contributed by atoms with Crippen LogP contribution in [0.4, 0.5) is 0 Å². The van der Waals surface area contributed by atoms with E-state index in [0.717, 1.165) is 12.5 Å². The first kappa shape index (κ1) is 13.7. The van der Waals surface area contributed by atoms with E-state index in [-0.39, 0.29) is 0 Å². The molecule has 0 aromatic heterocycles. The Hall–Kier alpha value is -0.340. The first-order chi connectivity index (χ1) is 7.61. The minimum Gasteiger partial charge on any atom is -0.314 e. The van der Waals surface area contributed by atoms with E-state index in [2.05, 4.69) is 50.6 Å². The van der Waals surface area contributed by atoms with Crippen LogP contribution in [0.25, 0.3) is 0 Å². The van der Waals surface area contributed by atoms with Gasteiger partial charge in [0.15, 0.2) is 0 Å². The molecule has 0 aromatic carbocycles. The van der Waals surface area contributed by atoms with Crippen molar-refractivity contribution in [3.05, 3.63) is 12.7 Å². The second kappa shape index (κ2) is 6.41. The molecule has 2 nitrogen and oxygen atoms in total. The standard InChI is InChI=1S/C14H28N2/c1-6-9-15-14-8-10-16(11(3)7-2)13(5)12(14)4/h7,11-15H,2,6,8-10H2,1,3-5H3. The zero-order chi connectivity index (χ0) is 12.1. The fraction of sp³-hybridized carbons (Fsp3) is 0.857. The number of nitrogens with zero attached hydrogens (tertiary/aromatic N) is 1. The van der Waals surface area contributed by atoms with Crippen LogP contribution in [0.3, 0.4) is 0 Å². The van der Waals surface area contributed by atoms with Crippen molar-refractivity contribution in [3.8, 4) is 0 Å². The monoisotopic (exact) mass is 224 g/mol. The fourth-order valence-corrected chi connectivity index (χ4v) is 2.72. The highest BCUT2D eigenvalue weighted by Crippen LogP contribution is 2.25. The predicted molar refractivity (Wildman–Crippen MR) is 71.7 cm³/mol. The molecule has 0 spiro atoms. The Bertz CT molecular complexity index is 215. The minimum absolute atomic E-state index is 0.504.